The van der Waals surface area contributed by atoms with E-state index in [1.54, 1.807) is 22.6 Å². The molecule has 1 amide bonds. The van der Waals surface area contributed by atoms with Crippen molar-refractivity contribution in [3.05, 3.63) is 34.6 Å². The van der Waals surface area contributed by atoms with E-state index in [1.165, 1.54) is 18.2 Å². The molecular formula is C22H26BrF3N4O3. The molecule has 180 valence electrons. The number of amides is 1. The Morgan fingerprint density at radius 3 is 2.64 bits per heavy atom. The molecule has 2 aromatic rings. The van der Waals surface area contributed by atoms with Gasteiger partial charge in [0.1, 0.15) is 21.9 Å². The molecule has 1 aromatic carbocycles. The number of hydrogen-bond acceptors (Lipinski definition) is 5. The molecule has 11 heteroatoms. The van der Waals surface area contributed by atoms with Gasteiger partial charge in [0.25, 0.3) is 5.91 Å². The summed E-state index contributed by atoms with van der Waals surface area (Å²) in [6, 6.07) is 6.09. The molecule has 7 nitrogen and oxygen atoms in total. The number of nitrogens with zero attached hydrogens (tertiary/aromatic N) is 4. The first kappa shape index (κ1) is 24.0. The molecule has 0 spiro atoms. The Kier molecular flexibility index (Phi) is 7.01. The summed E-state index contributed by atoms with van der Waals surface area (Å²) < 4.78 is 43.7. The molecule has 2 aliphatic rings. The minimum atomic E-state index is -4.79. The Morgan fingerprint density at radius 1 is 1.24 bits per heavy atom. The first-order valence-electron chi connectivity index (χ1n) is 10.9. The Labute approximate surface area is 198 Å². The number of likely N-dealkylation sites (tertiary alicyclic amines) is 2. The van der Waals surface area contributed by atoms with Crippen LogP contribution in [0.25, 0.3) is 11.4 Å². The van der Waals surface area contributed by atoms with Crippen molar-refractivity contribution in [2.24, 2.45) is 7.05 Å². The molecule has 1 atom stereocenters. The molecule has 0 aliphatic carbocycles. The zero-order valence-corrected chi connectivity index (χ0v) is 19.8. The van der Waals surface area contributed by atoms with Crippen LogP contribution in [0.15, 0.2) is 28.9 Å². The van der Waals surface area contributed by atoms with Crippen LogP contribution >= 0.6 is 15.9 Å². The number of aromatic nitrogens is 2. The molecule has 0 saturated carbocycles. The molecule has 4 rings (SSSR count). The van der Waals surface area contributed by atoms with Gasteiger partial charge in [-0.3, -0.25) is 9.69 Å². The number of imidazole rings is 1. The maximum atomic E-state index is 13.3. The van der Waals surface area contributed by atoms with E-state index >= 15 is 0 Å². The second-order valence-corrected chi connectivity index (χ2v) is 9.20. The summed E-state index contributed by atoms with van der Waals surface area (Å²) in [5, 5.41) is 9.60. The van der Waals surface area contributed by atoms with Crippen LogP contribution in [0.5, 0.6) is 5.75 Å². The molecule has 2 fully saturated rings. The Morgan fingerprint density at radius 2 is 1.97 bits per heavy atom. The van der Waals surface area contributed by atoms with Gasteiger partial charge in [-0.15, -0.1) is 13.2 Å². The smallest absolute Gasteiger partial charge is 0.406 e. The predicted molar refractivity (Wildman–Crippen MR) is 119 cm³/mol. The molecule has 33 heavy (non-hydrogen) atoms. The van der Waals surface area contributed by atoms with E-state index in [9.17, 15) is 23.1 Å². The highest BCUT2D eigenvalue weighted by molar-refractivity contribution is 9.10. The van der Waals surface area contributed by atoms with Gasteiger partial charge in [-0.1, -0.05) is 12.1 Å². The summed E-state index contributed by atoms with van der Waals surface area (Å²) in [6.07, 6.45) is -1.02. The highest BCUT2D eigenvalue weighted by Crippen LogP contribution is 2.31. The molecule has 2 aliphatic heterocycles. The van der Waals surface area contributed by atoms with E-state index in [2.05, 4.69) is 30.6 Å². The standard InChI is InChI=1S/C22H26BrF3N4O3/c1-28-18(19(23)27-20(28)14-4-2-6-17(12-14)33-22(24,25)26)21(32)29-10-7-15(8-11-29)30-9-3-5-16(30)13-31/h2,4,6,12,15-16,31H,3,5,7-11,13H2,1H3/t16-/m0/s1. The maximum Gasteiger partial charge on any atom is 0.573 e. The highest BCUT2D eigenvalue weighted by Gasteiger charge is 2.35. The van der Waals surface area contributed by atoms with Gasteiger partial charge in [0, 0.05) is 37.8 Å². The van der Waals surface area contributed by atoms with Crippen molar-refractivity contribution in [2.75, 3.05) is 26.2 Å². The molecule has 2 saturated heterocycles. The van der Waals surface area contributed by atoms with E-state index in [-0.39, 0.29) is 24.3 Å². The predicted octanol–water partition coefficient (Wildman–Crippen LogP) is 3.81. The van der Waals surface area contributed by atoms with Gasteiger partial charge in [0.15, 0.2) is 0 Å². The van der Waals surface area contributed by atoms with Crippen LogP contribution in [0.3, 0.4) is 0 Å². The van der Waals surface area contributed by atoms with Crippen molar-refractivity contribution in [1.29, 1.82) is 0 Å². The number of carbonyl (C=O) groups is 1. The SMILES string of the molecule is Cn1c(-c2cccc(OC(F)(F)F)c2)nc(Br)c1C(=O)N1CCC(N2CCC[C@H]2CO)CC1. The lowest BCUT2D eigenvalue weighted by atomic mass is 10.0. The molecule has 1 N–H and O–H groups in total. The number of benzene rings is 1. The van der Waals surface area contributed by atoms with Crippen molar-refractivity contribution in [2.45, 2.75) is 44.1 Å². The summed E-state index contributed by atoms with van der Waals surface area (Å²) in [6.45, 7) is 2.34. The first-order valence-corrected chi connectivity index (χ1v) is 11.7. The number of rotatable bonds is 5. The lowest BCUT2D eigenvalue weighted by Crippen LogP contribution is -2.49. The fourth-order valence-electron chi connectivity index (χ4n) is 4.87. The van der Waals surface area contributed by atoms with Crippen LogP contribution in [0.2, 0.25) is 0 Å². The van der Waals surface area contributed by atoms with E-state index in [4.69, 9.17) is 0 Å². The minimum Gasteiger partial charge on any atom is -0.406 e. The highest BCUT2D eigenvalue weighted by atomic mass is 79.9. The van der Waals surface area contributed by atoms with Gasteiger partial charge in [0.2, 0.25) is 0 Å². The minimum absolute atomic E-state index is 0.166. The lowest BCUT2D eigenvalue weighted by Gasteiger charge is -2.39. The summed E-state index contributed by atoms with van der Waals surface area (Å²) in [5.41, 5.74) is 0.752. The Balaban J connectivity index is 1.48. The van der Waals surface area contributed by atoms with Gasteiger partial charge < -0.3 is 19.3 Å². The summed E-state index contributed by atoms with van der Waals surface area (Å²) >= 11 is 3.36. The van der Waals surface area contributed by atoms with Gasteiger partial charge in [0.05, 0.1) is 6.61 Å². The summed E-state index contributed by atoms with van der Waals surface area (Å²) in [7, 11) is 1.67. The number of hydrogen-bond donors (Lipinski definition) is 1. The number of carbonyl (C=O) groups excluding carboxylic acids is 1. The fraction of sp³-hybridized carbons (Fsp3) is 0.545. The van der Waals surface area contributed by atoms with E-state index in [0.717, 1.165) is 32.2 Å². The number of alkyl halides is 3. The summed E-state index contributed by atoms with van der Waals surface area (Å²) in [4.78, 5) is 21.8. The molecule has 0 bridgehead atoms. The summed E-state index contributed by atoms with van der Waals surface area (Å²) in [5.74, 6) is -0.169. The van der Waals surface area contributed by atoms with Crippen molar-refractivity contribution >= 4 is 21.8 Å². The van der Waals surface area contributed by atoms with Gasteiger partial charge in [-0.2, -0.15) is 0 Å². The Hall–Kier alpha value is -2.11. The van der Waals surface area contributed by atoms with Crippen LogP contribution in [0, 0.1) is 0 Å². The number of halogens is 4. The van der Waals surface area contributed by atoms with Crippen molar-refractivity contribution in [3.63, 3.8) is 0 Å². The topological polar surface area (TPSA) is 70.8 Å². The van der Waals surface area contributed by atoms with Crippen molar-refractivity contribution in [3.8, 4) is 17.1 Å². The largest absolute Gasteiger partial charge is 0.573 e. The molecule has 0 radical (unpaired) electrons. The monoisotopic (exact) mass is 530 g/mol. The fourth-order valence-corrected chi connectivity index (χ4v) is 5.48. The molecule has 0 unspecified atom stereocenters. The van der Waals surface area contributed by atoms with Gasteiger partial charge in [-0.05, 0) is 60.3 Å². The zero-order chi connectivity index (χ0) is 23.8. The third kappa shape index (κ3) is 5.20. The number of aliphatic hydroxyl groups excluding tert-OH is 1. The van der Waals surface area contributed by atoms with Crippen LogP contribution in [-0.2, 0) is 7.05 Å². The zero-order valence-electron chi connectivity index (χ0n) is 18.2. The lowest BCUT2D eigenvalue weighted by molar-refractivity contribution is -0.274. The van der Waals surface area contributed by atoms with Crippen LogP contribution < -0.4 is 4.74 Å². The first-order chi connectivity index (χ1) is 15.7. The maximum absolute atomic E-state index is 13.3. The Bertz CT molecular complexity index is 1010. The third-order valence-electron chi connectivity index (χ3n) is 6.44. The number of piperidine rings is 1. The normalized spacial score (nSPS) is 20.4. The number of aliphatic hydroxyl groups is 1. The quantitative estimate of drug-likeness (QED) is 0.636. The van der Waals surface area contributed by atoms with E-state index in [1.807, 2.05) is 0 Å². The van der Waals surface area contributed by atoms with Crippen molar-refractivity contribution in [1.82, 2.24) is 19.4 Å². The molecule has 3 heterocycles. The molecule has 1 aromatic heterocycles. The third-order valence-corrected chi connectivity index (χ3v) is 6.99. The average Bonchev–Trinajstić information content (AvgIpc) is 3.36. The van der Waals surface area contributed by atoms with Crippen LogP contribution in [0.1, 0.15) is 36.2 Å². The second-order valence-electron chi connectivity index (χ2n) is 8.45. The number of ether oxygens (including phenoxy) is 1. The second kappa shape index (κ2) is 9.63. The van der Waals surface area contributed by atoms with E-state index < -0.39 is 6.36 Å². The van der Waals surface area contributed by atoms with Gasteiger partial charge in [-0.25, -0.2) is 4.98 Å². The van der Waals surface area contributed by atoms with Gasteiger partial charge >= 0.3 is 6.36 Å². The van der Waals surface area contributed by atoms with Crippen LogP contribution in [0.4, 0.5) is 13.2 Å². The molecular weight excluding hydrogens is 505 g/mol. The average molecular weight is 531 g/mol. The van der Waals surface area contributed by atoms with E-state index in [0.29, 0.717) is 40.8 Å². The van der Waals surface area contributed by atoms with Crippen LogP contribution in [-0.4, -0.2) is 75.1 Å². The van der Waals surface area contributed by atoms with Crippen molar-refractivity contribution < 1.29 is 27.8 Å².